The second-order valence-corrected chi connectivity index (χ2v) is 3.20. The van der Waals surface area contributed by atoms with Crippen molar-refractivity contribution in [2.75, 3.05) is 6.61 Å². The first kappa shape index (κ1) is 11.4. The molecule has 0 amide bonds. The number of esters is 1. The van der Waals surface area contributed by atoms with Crippen LogP contribution in [0, 0.1) is 11.3 Å². The van der Waals surface area contributed by atoms with E-state index in [2.05, 4.69) is 12.6 Å². The molecule has 0 saturated carbocycles. The summed E-state index contributed by atoms with van der Waals surface area (Å²) in [7, 11) is 0. The van der Waals surface area contributed by atoms with Gasteiger partial charge in [0.15, 0.2) is 0 Å². The van der Waals surface area contributed by atoms with Crippen LogP contribution in [0.2, 0.25) is 0 Å². The van der Waals surface area contributed by atoms with E-state index in [1.165, 1.54) is 12.1 Å². The zero-order valence-electron chi connectivity index (χ0n) is 8.02. The number of ether oxygens (including phenoxy) is 1. The Morgan fingerprint density at radius 3 is 2.80 bits per heavy atom. The molecule has 0 radical (unpaired) electrons. The number of nitrogens with zero attached hydrogens (tertiary/aromatic N) is 1. The number of nitriles is 1. The summed E-state index contributed by atoms with van der Waals surface area (Å²) in [4.78, 5) is 11.6. The van der Waals surface area contributed by atoms with Gasteiger partial charge in [0.2, 0.25) is 0 Å². The summed E-state index contributed by atoms with van der Waals surface area (Å²) in [6.07, 6.45) is 0. The number of phenols is 1. The molecule has 5 heteroatoms. The van der Waals surface area contributed by atoms with Gasteiger partial charge in [-0.3, -0.25) is 0 Å². The second kappa shape index (κ2) is 4.71. The fourth-order valence-electron chi connectivity index (χ4n) is 1.09. The zero-order valence-corrected chi connectivity index (χ0v) is 8.91. The van der Waals surface area contributed by atoms with Crippen LogP contribution >= 0.6 is 12.6 Å². The molecule has 0 aromatic heterocycles. The van der Waals surface area contributed by atoms with Gasteiger partial charge in [-0.2, -0.15) is 5.26 Å². The van der Waals surface area contributed by atoms with E-state index < -0.39 is 5.97 Å². The molecule has 0 aliphatic carbocycles. The van der Waals surface area contributed by atoms with Crippen LogP contribution in [0.5, 0.6) is 5.75 Å². The molecule has 1 N–H and O–H groups in total. The molecule has 0 aliphatic heterocycles. The van der Waals surface area contributed by atoms with Crippen molar-refractivity contribution in [3.8, 4) is 11.8 Å². The number of hydrogen-bond donors (Lipinski definition) is 2. The largest absolute Gasteiger partial charge is 0.507 e. The third kappa shape index (κ3) is 2.42. The molecule has 0 fully saturated rings. The molecule has 0 bridgehead atoms. The van der Waals surface area contributed by atoms with Crippen LogP contribution in [0.15, 0.2) is 17.0 Å². The van der Waals surface area contributed by atoms with Crippen LogP contribution < -0.4 is 0 Å². The van der Waals surface area contributed by atoms with Gasteiger partial charge in [-0.05, 0) is 19.1 Å². The van der Waals surface area contributed by atoms with Crippen LogP contribution in [-0.4, -0.2) is 17.7 Å². The summed E-state index contributed by atoms with van der Waals surface area (Å²) in [6.45, 7) is 1.88. The van der Waals surface area contributed by atoms with E-state index in [-0.39, 0.29) is 28.4 Å². The lowest BCUT2D eigenvalue weighted by molar-refractivity contribution is 0.0519. The number of thiol groups is 1. The molecule has 0 heterocycles. The van der Waals surface area contributed by atoms with Gasteiger partial charge in [0.05, 0.1) is 18.2 Å². The van der Waals surface area contributed by atoms with E-state index in [0.717, 1.165) is 0 Å². The molecule has 0 atom stereocenters. The van der Waals surface area contributed by atoms with Crippen molar-refractivity contribution in [3.63, 3.8) is 0 Å². The summed E-state index contributed by atoms with van der Waals surface area (Å²) in [5, 5.41) is 18.1. The number of rotatable bonds is 2. The number of carbonyl (C=O) groups excluding carboxylic acids is 1. The Labute approximate surface area is 92.5 Å². The van der Waals surface area contributed by atoms with Crippen LogP contribution in [-0.2, 0) is 4.74 Å². The molecule has 15 heavy (non-hydrogen) atoms. The lowest BCUT2D eigenvalue weighted by atomic mass is 10.1. The highest BCUT2D eigenvalue weighted by Crippen LogP contribution is 2.26. The Bertz CT molecular complexity index is 414. The van der Waals surface area contributed by atoms with Crippen molar-refractivity contribution in [2.24, 2.45) is 0 Å². The molecular formula is C10H9NO3S. The van der Waals surface area contributed by atoms with Crippen LogP contribution in [0.4, 0.5) is 0 Å². The summed E-state index contributed by atoms with van der Waals surface area (Å²) < 4.78 is 4.73. The van der Waals surface area contributed by atoms with Crippen molar-refractivity contribution in [3.05, 3.63) is 23.3 Å². The lowest BCUT2D eigenvalue weighted by Gasteiger charge is -2.07. The monoisotopic (exact) mass is 223 g/mol. The van der Waals surface area contributed by atoms with Gasteiger partial charge >= 0.3 is 5.97 Å². The average molecular weight is 223 g/mol. The number of carbonyl (C=O) groups is 1. The Balaban J connectivity index is 3.21. The van der Waals surface area contributed by atoms with Crippen molar-refractivity contribution >= 4 is 18.6 Å². The molecule has 4 nitrogen and oxygen atoms in total. The van der Waals surface area contributed by atoms with E-state index in [1.54, 1.807) is 6.92 Å². The molecule has 1 aromatic rings. The van der Waals surface area contributed by atoms with Crippen molar-refractivity contribution < 1.29 is 14.6 Å². The lowest BCUT2D eigenvalue weighted by Crippen LogP contribution is -2.06. The maximum atomic E-state index is 11.4. The minimum absolute atomic E-state index is 0.0146. The number of hydrogen-bond acceptors (Lipinski definition) is 5. The smallest absolute Gasteiger partial charge is 0.343 e. The molecule has 0 aliphatic rings. The Kier molecular flexibility index (Phi) is 3.58. The standard InChI is InChI=1S/C10H9NO3S/c1-2-14-10(13)9-7(12)3-6(5-11)4-8(9)15/h3-4,12,15H,2H2,1H3. The quantitative estimate of drug-likeness (QED) is 0.591. The minimum atomic E-state index is -0.649. The topological polar surface area (TPSA) is 70.3 Å². The number of aromatic hydroxyl groups is 1. The first-order valence-corrected chi connectivity index (χ1v) is 4.68. The average Bonchev–Trinajstić information content (AvgIpc) is 2.16. The third-order valence-corrected chi connectivity index (χ3v) is 2.06. The molecule has 1 aromatic carbocycles. The minimum Gasteiger partial charge on any atom is -0.507 e. The van der Waals surface area contributed by atoms with Crippen LogP contribution in [0.1, 0.15) is 22.8 Å². The first-order chi connectivity index (χ1) is 7.10. The van der Waals surface area contributed by atoms with Crippen LogP contribution in [0.3, 0.4) is 0 Å². The summed E-state index contributed by atoms with van der Waals surface area (Å²) in [6, 6.07) is 4.44. The maximum Gasteiger partial charge on any atom is 0.343 e. The summed E-state index contributed by atoms with van der Waals surface area (Å²) in [5.74, 6) is -0.943. The molecule has 0 unspecified atom stereocenters. The van der Waals surface area contributed by atoms with Gasteiger partial charge in [-0.15, -0.1) is 12.6 Å². The molecule has 0 saturated heterocycles. The zero-order chi connectivity index (χ0) is 11.4. The molecule has 1 rings (SSSR count). The van der Waals surface area contributed by atoms with E-state index >= 15 is 0 Å². The predicted octanol–water partition coefficient (Wildman–Crippen LogP) is 1.73. The van der Waals surface area contributed by atoms with Crippen LogP contribution in [0.25, 0.3) is 0 Å². The van der Waals surface area contributed by atoms with E-state index in [0.29, 0.717) is 0 Å². The number of benzene rings is 1. The Hall–Kier alpha value is -1.67. The molecular weight excluding hydrogens is 214 g/mol. The van der Waals surface area contributed by atoms with E-state index in [9.17, 15) is 9.90 Å². The van der Waals surface area contributed by atoms with Crippen molar-refractivity contribution in [1.82, 2.24) is 0 Å². The third-order valence-electron chi connectivity index (χ3n) is 1.71. The van der Waals surface area contributed by atoms with Gasteiger partial charge in [0, 0.05) is 4.90 Å². The SMILES string of the molecule is CCOC(=O)c1c(O)cc(C#N)cc1S. The van der Waals surface area contributed by atoms with Gasteiger partial charge in [-0.1, -0.05) is 0 Å². The van der Waals surface area contributed by atoms with E-state index in [4.69, 9.17) is 10.00 Å². The second-order valence-electron chi connectivity index (χ2n) is 2.72. The van der Waals surface area contributed by atoms with Gasteiger partial charge < -0.3 is 9.84 Å². The predicted molar refractivity (Wildman–Crippen MR) is 56.0 cm³/mol. The summed E-state index contributed by atoms with van der Waals surface area (Å²) >= 11 is 4.01. The fraction of sp³-hybridized carbons (Fsp3) is 0.200. The molecule has 0 spiro atoms. The van der Waals surface area contributed by atoms with Gasteiger partial charge in [0.1, 0.15) is 11.3 Å². The molecule has 78 valence electrons. The highest BCUT2D eigenvalue weighted by molar-refractivity contribution is 7.80. The first-order valence-electron chi connectivity index (χ1n) is 4.23. The Morgan fingerprint density at radius 2 is 2.33 bits per heavy atom. The van der Waals surface area contributed by atoms with Gasteiger partial charge in [0.25, 0.3) is 0 Å². The number of phenolic OH excluding ortho intramolecular Hbond substituents is 1. The summed E-state index contributed by atoms with van der Waals surface area (Å²) in [5.41, 5.74) is 0.227. The normalized spacial score (nSPS) is 9.40. The van der Waals surface area contributed by atoms with Crippen molar-refractivity contribution in [1.29, 1.82) is 5.26 Å². The van der Waals surface area contributed by atoms with E-state index in [1.807, 2.05) is 6.07 Å². The van der Waals surface area contributed by atoms with Crippen molar-refractivity contribution in [2.45, 2.75) is 11.8 Å². The highest BCUT2D eigenvalue weighted by atomic mass is 32.1. The highest BCUT2D eigenvalue weighted by Gasteiger charge is 2.16. The van der Waals surface area contributed by atoms with Gasteiger partial charge in [-0.25, -0.2) is 4.79 Å². The maximum absolute atomic E-state index is 11.4. The Morgan fingerprint density at radius 1 is 1.67 bits per heavy atom. The fourth-order valence-corrected chi connectivity index (χ4v) is 1.43.